The van der Waals surface area contributed by atoms with Gasteiger partial charge in [-0.25, -0.2) is 4.79 Å². The maximum Gasteiger partial charge on any atom is 0.408 e. The zero-order valence-corrected chi connectivity index (χ0v) is 21.4. The molecule has 2 atom stereocenters. The van der Waals surface area contributed by atoms with Crippen LogP contribution in [-0.4, -0.2) is 57.8 Å². The number of rotatable bonds is 8. The number of hydrogen-bond acceptors (Lipinski definition) is 6. The second-order valence-corrected chi connectivity index (χ2v) is 9.52. The molecular weight excluding hydrogens is 474 g/mol. The molecule has 0 fully saturated rings. The van der Waals surface area contributed by atoms with Crippen LogP contribution in [-0.2, 0) is 14.3 Å². The molecule has 3 aromatic carbocycles. The van der Waals surface area contributed by atoms with Crippen molar-refractivity contribution in [3.63, 3.8) is 0 Å². The topological polar surface area (TPSA) is 128 Å². The molecule has 3 aromatic rings. The number of fused-ring (bicyclic) bond motifs is 1. The van der Waals surface area contributed by atoms with Gasteiger partial charge in [0, 0.05) is 17.8 Å². The van der Waals surface area contributed by atoms with Crippen LogP contribution in [0.2, 0.25) is 0 Å². The third-order valence-electron chi connectivity index (χ3n) is 5.60. The quantitative estimate of drug-likeness (QED) is 0.365. The first-order chi connectivity index (χ1) is 17.5. The largest absolute Gasteiger partial charge is 0.508 e. The average Bonchev–Trinajstić information content (AvgIpc) is 2.84. The number of nitrogens with zero attached hydrogens (tertiary/aromatic N) is 1. The van der Waals surface area contributed by atoms with Crippen LogP contribution in [0, 0.1) is 0 Å². The molecule has 3 amide bonds. The number of nitrogens with one attached hydrogen (secondary N) is 2. The van der Waals surface area contributed by atoms with E-state index < -0.39 is 42.2 Å². The molecule has 0 bridgehead atoms. The first-order valence-corrected chi connectivity index (χ1v) is 12.0. The van der Waals surface area contributed by atoms with Crippen molar-refractivity contribution in [1.82, 2.24) is 10.2 Å². The van der Waals surface area contributed by atoms with Crippen LogP contribution in [0.1, 0.15) is 39.3 Å². The van der Waals surface area contributed by atoms with Crippen molar-refractivity contribution in [2.45, 2.75) is 45.4 Å². The maximum atomic E-state index is 13.6. The average molecular weight is 508 g/mol. The van der Waals surface area contributed by atoms with Crippen molar-refractivity contribution in [2.75, 3.05) is 18.5 Å². The van der Waals surface area contributed by atoms with Crippen LogP contribution in [0.5, 0.6) is 5.75 Å². The molecule has 0 aliphatic carbocycles. The van der Waals surface area contributed by atoms with E-state index in [1.54, 1.807) is 52.0 Å². The Labute approximate surface area is 216 Å². The number of carbonyl (C=O) groups is 3. The first-order valence-electron chi connectivity index (χ1n) is 12.0. The summed E-state index contributed by atoms with van der Waals surface area (Å²) in [5.74, 6) is -1.45. The number of carbonyl (C=O) groups excluding carboxylic acids is 3. The van der Waals surface area contributed by atoms with Gasteiger partial charge in [0.05, 0.1) is 6.61 Å². The van der Waals surface area contributed by atoms with E-state index in [1.807, 2.05) is 36.4 Å². The van der Waals surface area contributed by atoms with Crippen molar-refractivity contribution < 1.29 is 29.3 Å². The maximum absolute atomic E-state index is 13.6. The number of phenolic OH excluding ortho intramolecular Hbond substituents is 1. The van der Waals surface area contributed by atoms with Crippen molar-refractivity contribution >= 4 is 34.4 Å². The minimum Gasteiger partial charge on any atom is -0.508 e. The number of aliphatic hydroxyl groups excluding tert-OH is 1. The summed E-state index contributed by atoms with van der Waals surface area (Å²) in [5.41, 5.74) is -0.0986. The zero-order valence-electron chi connectivity index (χ0n) is 21.4. The number of aromatic hydroxyl groups is 1. The van der Waals surface area contributed by atoms with Crippen molar-refractivity contribution in [3.05, 3.63) is 72.3 Å². The summed E-state index contributed by atoms with van der Waals surface area (Å²) in [6, 6.07) is 16.7. The van der Waals surface area contributed by atoms with Gasteiger partial charge in [0.1, 0.15) is 23.4 Å². The van der Waals surface area contributed by atoms with Gasteiger partial charge in [-0.05, 0) is 56.7 Å². The molecule has 4 N–H and O–H groups in total. The van der Waals surface area contributed by atoms with E-state index in [0.29, 0.717) is 5.69 Å². The summed E-state index contributed by atoms with van der Waals surface area (Å²) in [7, 11) is 0. The number of hydrogen-bond donors (Lipinski definition) is 4. The molecule has 0 aromatic heterocycles. The highest BCUT2D eigenvalue weighted by molar-refractivity contribution is 6.00. The normalized spacial score (nSPS) is 12.9. The summed E-state index contributed by atoms with van der Waals surface area (Å²) in [4.78, 5) is 40.6. The Morgan fingerprint density at radius 2 is 1.62 bits per heavy atom. The molecule has 9 nitrogen and oxygen atoms in total. The third-order valence-corrected chi connectivity index (χ3v) is 5.60. The molecule has 0 spiro atoms. The minimum atomic E-state index is -1.36. The zero-order chi connectivity index (χ0) is 27.2. The Kier molecular flexibility index (Phi) is 8.73. The lowest BCUT2D eigenvalue weighted by atomic mass is 10.0. The number of amides is 3. The lowest BCUT2D eigenvalue weighted by Gasteiger charge is -2.33. The Balaban J connectivity index is 1.93. The summed E-state index contributed by atoms with van der Waals surface area (Å²) in [6.45, 7) is 6.02. The molecule has 37 heavy (non-hydrogen) atoms. The van der Waals surface area contributed by atoms with Gasteiger partial charge in [0.15, 0.2) is 0 Å². The number of likely N-dealkylation sites (N-methyl/N-ethyl adjacent to an activating group) is 1. The van der Waals surface area contributed by atoms with Crippen LogP contribution < -0.4 is 10.6 Å². The predicted octanol–water partition coefficient (Wildman–Crippen LogP) is 3.96. The second-order valence-electron chi connectivity index (χ2n) is 9.52. The van der Waals surface area contributed by atoms with Gasteiger partial charge < -0.3 is 30.5 Å². The van der Waals surface area contributed by atoms with Crippen LogP contribution >= 0.6 is 0 Å². The fraction of sp³-hybridized carbons (Fsp3) is 0.321. The van der Waals surface area contributed by atoms with Crippen molar-refractivity contribution in [2.24, 2.45) is 0 Å². The smallest absolute Gasteiger partial charge is 0.408 e. The SMILES string of the molecule is CCN(C(=O)C(CO)NC(=O)OC(C)(C)C)C(C(=O)Nc1ccc2ccccc2c1)c1ccccc1O. The number of benzene rings is 3. The van der Waals surface area contributed by atoms with Crippen LogP contribution in [0.3, 0.4) is 0 Å². The summed E-state index contributed by atoms with van der Waals surface area (Å²) in [5, 5.41) is 27.6. The second kappa shape index (κ2) is 11.7. The molecule has 0 aliphatic heterocycles. The highest BCUT2D eigenvalue weighted by atomic mass is 16.6. The molecule has 0 saturated heterocycles. The van der Waals surface area contributed by atoms with E-state index >= 15 is 0 Å². The molecule has 0 saturated carbocycles. The summed E-state index contributed by atoms with van der Waals surface area (Å²) in [6.07, 6.45) is -0.879. The fourth-order valence-corrected chi connectivity index (χ4v) is 3.95. The van der Waals surface area contributed by atoms with Crippen LogP contribution in [0.4, 0.5) is 10.5 Å². The van der Waals surface area contributed by atoms with E-state index in [-0.39, 0.29) is 17.9 Å². The fourth-order valence-electron chi connectivity index (χ4n) is 3.95. The molecule has 2 unspecified atom stereocenters. The van der Waals surface area contributed by atoms with E-state index in [2.05, 4.69) is 10.6 Å². The number of para-hydroxylation sites is 1. The predicted molar refractivity (Wildman–Crippen MR) is 141 cm³/mol. The highest BCUT2D eigenvalue weighted by Gasteiger charge is 2.36. The number of ether oxygens (including phenoxy) is 1. The number of alkyl carbamates (subject to hydrolysis) is 1. The van der Waals surface area contributed by atoms with Gasteiger partial charge in [0.2, 0.25) is 5.91 Å². The Morgan fingerprint density at radius 1 is 0.973 bits per heavy atom. The summed E-state index contributed by atoms with van der Waals surface area (Å²) >= 11 is 0. The lowest BCUT2D eigenvalue weighted by molar-refractivity contribution is -0.141. The monoisotopic (exact) mass is 507 g/mol. The van der Waals surface area contributed by atoms with Gasteiger partial charge in [-0.3, -0.25) is 9.59 Å². The van der Waals surface area contributed by atoms with Gasteiger partial charge in [-0.15, -0.1) is 0 Å². The molecule has 0 aliphatic rings. The Morgan fingerprint density at radius 3 is 2.24 bits per heavy atom. The third kappa shape index (κ3) is 6.98. The van der Waals surface area contributed by atoms with Gasteiger partial charge in [-0.2, -0.15) is 0 Å². The molecule has 196 valence electrons. The molecule has 0 radical (unpaired) electrons. The van der Waals surface area contributed by atoms with Gasteiger partial charge >= 0.3 is 6.09 Å². The van der Waals surface area contributed by atoms with Gasteiger partial charge in [-0.1, -0.05) is 48.5 Å². The number of aliphatic hydroxyl groups is 1. The first kappa shape index (κ1) is 27.5. The highest BCUT2D eigenvalue weighted by Crippen LogP contribution is 2.31. The van der Waals surface area contributed by atoms with Crippen LogP contribution in [0.15, 0.2) is 66.7 Å². The Hall–Kier alpha value is -4.11. The lowest BCUT2D eigenvalue weighted by Crippen LogP contribution is -2.53. The van der Waals surface area contributed by atoms with E-state index in [0.717, 1.165) is 10.8 Å². The molecule has 9 heteroatoms. The van der Waals surface area contributed by atoms with E-state index in [1.165, 1.54) is 11.0 Å². The van der Waals surface area contributed by atoms with Crippen molar-refractivity contribution in [1.29, 1.82) is 0 Å². The number of phenols is 1. The number of anilines is 1. The summed E-state index contributed by atoms with van der Waals surface area (Å²) < 4.78 is 5.21. The molecule has 3 rings (SSSR count). The van der Waals surface area contributed by atoms with E-state index in [9.17, 15) is 24.6 Å². The molecule has 0 heterocycles. The van der Waals surface area contributed by atoms with E-state index in [4.69, 9.17) is 4.74 Å². The standard InChI is InChI=1S/C28H33N3O6/c1-5-31(26(35)22(17-32)30-27(36)37-28(2,3)4)24(21-12-8-9-13-23(21)33)25(34)29-20-15-14-18-10-6-7-11-19(18)16-20/h6-16,22,24,32-33H,5,17H2,1-4H3,(H,29,34)(H,30,36). The van der Waals surface area contributed by atoms with Gasteiger partial charge in [0.25, 0.3) is 5.91 Å². The van der Waals surface area contributed by atoms with Crippen LogP contribution in [0.25, 0.3) is 10.8 Å². The molecular formula is C28H33N3O6. The minimum absolute atomic E-state index is 0.0511. The Bertz CT molecular complexity index is 1270. The van der Waals surface area contributed by atoms with Crippen molar-refractivity contribution in [3.8, 4) is 5.75 Å².